The number of benzene rings is 2. The van der Waals surface area contributed by atoms with Crippen molar-refractivity contribution < 1.29 is 9.18 Å². The maximum atomic E-state index is 13.4. The van der Waals surface area contributed by atoms with Crippen LogP contribution in [0.5, 0.6) is 0 Å². The Morgan fingerprint density at radius 1 is 0.939 bits per heavy atom. The van der Waals surface area contributed by atoms with Crippen molar-refractivity contribution in [2.75, 3.05) is 11.4 Å². The second-order valence-electron chi connectivity index (χ2n) is 9.04. The fraction of sp³-hybridized carbons (Fsp3) is 0.370. The molecular weight excluding hydrogens is 415 g/mol. The number of fused-ring (bicyclic) bond motifs is 1. The third-order valence-electron chi connectivity index (χ3n) is 6.75. The summed E-state index contributed by atoms with van der Waals surface area (Å²) in [4.78, 5) is 27.1. The number of aromatic nitrogens is 2. The van der Waals surface area contributed by atoms with Gasteiger partial charge in [0.25, 0.3) is 0 Å². The van der Waals surface area contributed by atoms with Crippen LogP contribution in [0.3, 0.4) is 0 Å². The van der Waals surface area contributed by atoms with Gasteiger partial charge in [0, 0.05) is 24.2 Å². The first kappa shape index (κ1) is 21.7. The van der Waals surface area contributed by atoms with Gasteiger partial charge < -0.3 is 0 Å². The topological polar surface area (TPSA) is 49.3 Å². The van der Waals surface area contributed by atoms with Gasteiger partial charge in [-0.05, 0) is 56.0 Å². The van der Waals surface area contributed by atoms with Crippen molar-refractivity contribution in [2.24, 2.45) is 0 Å². The van der Waals surface area contributed by atoms with E-state index in [4.69, 9.17) is 9.97 Å². The predicted octanol–water partition coefficient (Wildman–Crippen LogP) is 5.13. The van der Waals surface area contributed by atoms with E-state index in [1.807, 2.05) is 54.3 Å². The summed E-state index contributed by atoms with van der Waals surface area (Å²) < 4.78 is 13.4. The molecule has 1 saturated heterocycles. The van der Waals surface area contributed by atoms with E-state index in [1.54, 1.807) is 0 Å². The first-order valence-electron chi connectivity index (χ1n) is 11.8. The van der Waals surface area contributed by atoms with Crippen molar-refractivity contribution in [2.45, 2.75) is 58.2 Å². The minimum absolute atomic E-state index is 0.0865. The van der Waals surface area contributed by atoms with Gasteiger partial charge in [-0.1, -0.05) is 48.9 Å². The molecule has 3 aromatic rings. The molecule has 1 amide bonds. The number of hydrogen-bond acceptors (Lipinski definition) is 4. The minimum Gasteiger partial charge on any atom is -0.292 e. The molecule has 5 rings (SSSR count). The van der Waals surface area contributed by atoms with E-state index in [-0.39, 0.29) is 17.8 Å². The summed E-state index contributed by atoms with van der Waals surface area (Å²) in [6.45, 7) is 4.24. The molecule has 2 aliphatic heterocycles. The number of amides is 1. The number of anilines is 1. The first-order chi connectivity index (χ1) is 16.1. The summed E-state index contributed by atoms with van der Waals surface area (Å²) in [7, 11) is 0. The van der Waals surface area contributed by atoms with Crippen LogP contribution in [-0.4, -0.2) is 27.3 Å². The third-order valence-corrected chi connectivity index (χ3v) is 6.75. The molecule has 0 bridgehead atoms. The summed E-state index contributed by atoms with van der Waals surface area (Å²) >= 11 is 0. The summed E-state index contributed by atoms with van der Waals surface area (Å²) in [5, 5.41) is 0. The lowest BCUT2D eigenvalue weighted by Crippen LogP contribution is -2.38. The molecule has 2 aliphatic rings. The largest absolute Gasteiger partial charge is 0.292 e. The van der Waals surface area contributed by atoms with Gasteiger partial charge in [0.2, 0.25) is 5.91 Å². The predicted molar refractivity (Wildman–Crippen MR) is 126 cm³/mol. The highest BCUT2D eigenvalue weighted by Crippen LogP contribution is 2.35. The molecule has 2 aromatic carbocycles. The highest BCUT2D eigenvalue weighted by Gasteiger charge is 2.32. The van der Waals surface area contributed by atoms with Crippen LogP contribution in [0, 0.1) is 12.7 Å². The quantitative estimate of drug-likeness (QED) is 0.547. The van der Waals surface area contributed by atoms with E-state index in [1.165, 1.54) is 12.1 Å². The van der Waals surface area contributed by atoms with Crippen LogP contribution in [0.4, 0.5) is 10.2 Å². The molecule has 0 saturated carbocycles. The fourth-order valence-corrected chi connectivity index (χ4v) is 4.98. The van der Waals surface area contributed by atoms with Gasteiger partial charge in [-0.25, -0.2) is 14.4 Å². The number of rotatable bonds is 5. The Balaban J connectivity index is 1.47. The molecule has 170 valence electrons. The number of carbonyl (C=O) groups excluding carboxylic acids is 1. The molecule has 6 heteroatoms. The zero-order valence-corrected chi connectivity index (χ0v) is 19.0. The average molecular weight is 445 g/mol. The monoisotopic (exact) mass is 444 g/mol. The molecule has 0 unspecified atom stereocenters. The highest BCUT2D eigenvalue weighted by atomic mass is 19.1. The van der Waals surface area contributed by atoms with Crippen LogP contribution in [0.1, 0.15) is 59.9 Å². The first-order valence-corrected chi connectivity index (χ1v) is 11.8. The van der Waals surface area contributed by atoms with Crippen molar-refractivity contribution in [3.05, 3.63) is 88.6 Å². The summed E-state index contributed by atoms with van der Waals surface area (Å²) in [5.41, 5.74) is 4.22. The van der Waals surface area contributed by atoms with Crippen molar-refractivity contribution in [1.29, 1.82) is 0 Å². The van der Waals surface area contributed by atoms with E-state index >= 15 is 0 Å². The maximum absolute atomic E-state index is 13.4. The summed E-state index contributed by atoms with van der Waals surface area (Å²) in [6.07, 6.45) is 4.40. The van der Waals surface area contributed by atoms with E-state index < -0.39 is 0 Å². The Kier molecular flexibility index (Phi) is 6.18. The minimum atomic E-state index is -0.217. The van der Waals surface area contributed by atoms with Crippen LogP contribution in [0.2, 0.25) is 0 Å². The number of aryl methyl sites for hydroxylation is 1. The van der Waals surface area contributed by atoms with Crippen molar-refractivity contribution >= 4 is 11.7 Å². The number of carbonyl (C=O) groups is 1. The van der Waals surface area contributed by atoms with Crippen LogP contribution in [0.25, 0.3) is 0 Å². The number of nitrogens with zero attached hydrogens (tertiary/aromatic N) is 4. The van der Waals surface area contributed by atoms with Gasteiger partial charge in [0.05, 0.1) is 12.6 Å². The van der Waals surface area contributed by atoms with Gasteiger partial charge in [-0.15, -0.1) is 0 Å². The zero-order chi connectivity index (χ0) is 22.8. The molecule has 0 N–H and O–H groups in total. The lowest BCUT2D eigenvalue weighted by atomic mass is 9.98. The van der Waals surface area contributed by atoms with Gasteiger partial charge in [-0.2, -0.15) is 0 Å². The Morgan fingerprint density at radius 2 is 1.70 bits per heavy atom. The highest BCUT2D eigenvalue weighted by molar-refractivity contribution is 5.95. The van der Waals surface area contributed by atoms with E-state index in [2.05, 4.69) is 4.90 Å². The van der Waals surface area contributed by atoms with Gasteiger partial charge in [-0.3, -0.25) is 14.6 Å². The lowest BCUT2D eigenvalue weighted by molar-refractivity contribution is -0.119. The van der Waals surface area contributed by atoms with Crippen LogP contribution in [0.15, 0.2) is 54.6 Å². The van der Waals surface area contributed by atoms with Crippen molar-refractivity contribution in [3.63, 3.8) is 0 Å². The van der Waals surface area contributed by atoms with Gasteiger partial charge in [0.15, 0.2) is 0 Å². The molecular formula is C27H29FN4O. The van der Waals surface area contributed by atoms with Crippen molar-refractivity contribution in [1.82, 2.24) is 14.9 Å². The second kappa shape index (κ2) is 9.40. The standard InChI is InChI=1S/C27H29FN4O/c1-19-23-14-15-25(33)32(18-20-7-3-2-4-8-20)27(23)30-26(29-19)24-9-5-6-16-31(24)17-21-10-12-22(28)13-11-21/h2-4,7-8,10-13,24H,5-6,9,14-18H2,1H3/t24-/m1/s1. The zero-order valence-electron chi connectivity index (χ0n) is 19.0. The molecule has 0 aliphatic carbocycles. The number of piperidine rings is 1. The van der Waals surface area contributed by atoms with Crippen molar-refractivity contribution in [3.8, 4) is 0 Å². The number of halogens is 1. The van der Waals surface area contributed by atoms with Gasteiger partial charge in [0.1, 0.15) is 17.5 Å². The summed E-state index contributed by atoms with van der Waals surface area (Å²) in [6, 6.07) is 16.9. The molecule has 3 heterocycles. The maximum Gasteiger partial charge on any atom is 0.228 e. The lowest BCUT2D eigenvalue weighted by Gasteiger charge is -2.36. The number of likely N-dealkylation sites (tertiary alicyclic amines) is 1. The molecule has 1 fully saturated rings. The van der Waals surface area contributed by atoms with Crippen LogP contribution in [-0.2, 0) is 24.3 Å². The Bertz CT molecular complexity index is 1130. The van der Waals surface area contributed by atoms with Crippen LogP contribution >= 0.6 is 0 Å². The Morgan fingerprint density at radius 3 is 2.48 bits per heavy atom. The van der Waals surface area contributed by atoms with Gasteiger partial charge >= 0.3 is 0 Å². The Labute approximate surface area is 194 Å². The third kappa shape index (κ3) is 4.67. The smallest absolute Gasteiger partial charge is 0.228 e. The molecule has 33 heavy (non-hydrogen) atoms. The molecule has 0 spiro atoms. The normalized spacial score (nSPS) is 18.9. The second-order valence-corrected chi connectivity index (χ2v) is 9.04. The Hall–Kier alpha value is -3.12. The van der Waals surface area contributed by atoms with Crippen LogP contribution < -0.4 is 4.90 Å². The van der Waals surface area contributed by atoms with E-state index in [9.17, 15) is 9.18 Å². The molecule has 0 radical (unpaired) electrons. The van der Waals surface area contributed by atoms with E-state index in [0.29, 0.717) is 19.4 Å². The fourth-order valence-electron chi connectivity index (χ4n) is 4.98. The van der Waals surface area contributed by atoms with E-state index in [0.717, 1.165) is 66.4 Å². The molecule has 1 aromatic heterocycles. The molecule has 1 atom stereocenters. The molecule has 5 nitrogen and oxygen atoms in total. The summed E-state index contributed by atoms with van der Waals surface area (Å²) in [5.74, 6) is 1.46. The number of hydrogen-bond donors (Lipinski definition) is 0. The average Bonchev–Trinajstić information content (AvgIpc) is 2.83. The SMILES string of the molecule is Cc1nc([C@H]2CCCCN2Cc2ccc(F)cc2)nc2c1CCC(=O)N2Cc1ccccc1.